The van der Waals surface area contributed by atoms with Crippen molar-refractivity contribution in [2.24, 2.45) is 0 Å². The number of hydrogen-bond acceptors (Lipinski definition) is 5. The van der Waals surface area contributed by atoms with Crippen molar-refractivity contribution in [1.82, 2.24) is 14.8 Å². The molecule has 0 spiro atoms. The molecule has 0 N–H and O–H groups in total. The maximum Gasteiger partial charge on any atom is 0.273 e. The molecule has 7 heteroatoms. The highest BCUT2D eigenvalue weighted by Gasteiger charge is 2.23. The minimum Gasteiger partial charge on any atom is -0.470 e. The van der Waals surface area contributed by atoms with Gasteiger partial charge in [0.15, 0.2) is 0 Å². The van der Waals surface area contributed by atoms with Crippen LogP contribution in [0.25, 0.3) is 0 Å². The molecule has 0 atom stereocenters. The lowest BCUT2D eigenvalue weighted by Gasteiger charge is -2.36. The van der Waals surface area contributed by atoms with Crippen LogP contribution in [0, 0.1) is 0 Å². The highest BCUT2D eigenvalue weighted by atomic mass is 35.5. The van der Waals surface area contributed by atoms with Crippen molar-refractivity contribution in [1.29, 1.82) is 0 Å². The second kappa shape index (κ2) is 9.38. The summed E-state index contributed by atoms with van der Waals surface area (Å²) in [4.78, 5) is 10.5. The smallest absolute Gasteiger partial charge is 0.273 e. The lowest BCUT2D eigenvalue weighted by molar-refractivity contribution is 0.120. The fraction of sp³-hybridized carbons (Fsp3) is 0.526. The molecule has 3 rings (SSSR count). The molecule has 2 heterocycles. The molecule has 1 aromatic carbocycles. The van der Waals surface area contributed by atoms with Gasteiger partial charge in [0.1, 0.15) is 0 Å². The van der Waals surface area contributed by atoms with E-state index in [-0.39, 0.29) is 0 Å². The van der Waals surface area contributed by atoms with Crippen molar-refractivity contribution in [3.05, 3.63) is 44.9 Å². The fourth-order valence-corrected chi connectivity index (χ4v) is 4.53. The van der Waals surface area contributed by atoms with Crippen molar-refractivity contribution in [2.45, 2.75) is 38.9 Å². The van der Waals surface area contributed by atoms with Gasteiger partial charge in [0, 0.05) is 43.3 Å². The van der Waals surface area contributed by atoms with Crippen LogP contribution in [0.15, 0.2) is 24.4 Å². The van der Waals surface area contributed by atoms with Gasteiger partial charge in [0.25, 0.3) is 5.19 Å². The van der Waals surface area contributed by atoms with Crippen molar-refractivity contribution in [2.75, 3.05) is 26.7 Å². The Morgan fingerprint density at radius 1 is 1.27 bits per heavy atom. The van der Waals surface area contributed by atoms with Gasteiger partial charge >= 0.3 is 0 Å². The topological polar surface area (TPSA) is 28.6 Å². The zero-order chi connectivity index (χ0) is 18.5. The molecule has 1 aliphatic rings. The minimum atomic E-state index is 0.598. The van der Waals surface area contributed by atoms with Crippen LogP contribution in [0.3, 0.4) is 0 Å². The summed E-state index contributed by atoms with van der Waals surface area (Å²) >= 11 is 13.8. The van der Waals surface area contributed by atoms with E-state index in [4.69, 9.17) is 27.9 Å². The summed E-state index contributed by atoms with van der Waals surface area (Å²) in [6, 6.07) is 6.50. The third-order valence-corrected chi connectivity index (χ3v) is 6.41. The number of hydrogen-bond donors (Lipinski definition) is 0. The quantitative estimate of drug-likeness (QED) is 0.641. The molecule has 2 aromatic rings. The first-order valence-electron chi connectivity index (χ1n) is 8.99. The summed E-state index contributed by atoms with van der Waals surface area (Å²) in [6.07, 6.45) is 4.29. The van der Waals surface area contributed by atoms with Gasteiger partial charge in [-0.15, -0.1) is 0 Å². The van der Waals surface area contributed by atoms with E-state index in [0.29, 0.717) is 22.7 Å². The zero-order valence-corrected chi connectivity index (χ0v) is 17.6. The monoisotopic (exact) mass is 413 g/mol. The predicted octanol–water partition coefficient (Wildman–Crippen LogP) is 4.95. The molecule has 0 saturated carbocycles. The molecule has 1 fully saturated rings. The number of benzene rings is 1. The van der Waals surface area contributed by atoms with Gasteiger partial charge in [-0.1, -0.05) is 40.6 Å². The Balaban J connectivity index is 1.47. The molecule has 26 heavy (non-hydrogen) atoms. The number of ether oxygens (including phenoxy) is 1. The Labute approximate surface area is 169 Å². The standard InChI is InChI=1S/C19H25Cl2N3OS/c1-3-25-19-22-11-16(26-19)13-24-8-6-15(7-9-24)23(2)12-14-4-5-17(20)18(21)10-14/h4-5,10-11,15H,3,6-9,12-13H2,1-2H3. The van der Waals surface area contributed by atoms with Crippen LogP contribution in [0.2, 0.25) is 10.0 Å². The maximum atomic E-state index is 6.13. The number of piperidine rings is 1. The lowest BCUT2D eigenvalue weighted by atomic mass is 10.0. The Bertz CT molecular complexity index is 717. The molecular weight excluding hydrogens is 389 g/mol. The van der Waals surface area contributed by atoms with Crippen molar-refractivity contribution in [3.63, 3.8) is 0 Å². The first-order chi connectivity index (χ1) is 12.5. The third kappa shape index (κ3) is 5.33. The minimum absolute atomic E-state index is 0.598. The van der Waals surface area contributed by atoms with Crippen LogP contribution < -0.4 is 4.74 Å². The van der Waals surface area contributed by atoms with E-state index in [1.807, 2.05) is 25.3 Å². The van der Waals surface area contributed by atoms with Crippen molar-refractivity contribution >= 4 is 34.5 Å². The SMILES string of the molecule is CCOc1ncc(CN2CCC(N(C)Cc3ccc(Cl)c(Cl)c3)CC2)s1. The summed E-state index contributed by atoms with van der Waals surface area (Å²) in [7, 11) is 2.19. The summed E-state index contributed by atoms with van der Waals surface area (Å²) in [6.45, 7) is 6.74. The van der Waals surface area contributed by atoms with E-state index in [1.54, 1.807) is 11.3 Å². The van der Waals surface area contributed by atoms with Gasteiger partial charge in [0.2, 0.25) is 0 Å². The normalized spacial score (nSPS) is 16.3. The van der Waals surface area contributed by atoms with Gasteiger partial charge in [-0.2, -0.15) is 0 Å². The highest BCUT2D eigenvalue weighted by Crippen LogP contribution is 2.26. The van der Waals surface area contributed by atoms with E-state index in [0.717, 1.165) is 31.4 Å². The number of nitrogens with zero attached hydrogens (tertiary/aromatic N) is 3. The van der Waals surface area contributed by atoms with Gasteiger partial charge in [-0.05, 0) is 44.5 Å². The van der Waals surface area contributed by atoms with Crippen LogP contribution in [-0.4, -0.2) is 47.6 Å². The molecule has 1 aromatic heterocycles. The summed E-state index contributed by atoms with van der Waals surface area (Å²) < 4.78 is 5.46. The Morgan fingerprint density at radius 3 is 2.73 bits per heavy atom. The Morgan fingerprint density at radius 2 is 2.04 bits per heavy atom. The van der Waals surface area contributed by atoms with Gasteiger partial charge in [0.05, 0.1) is 16.7 Å². The number of halogens is 2. The van der Waals surface area contributed by atoms with E-state index >= 15 is 0 Å². The number of thiazole rings is 1. The van der Waals surface area contributed by atoms with Crippen LogP contribution in [0.4, 0.5) is 0 Å². The molecule has 0 unspecified atom stereocenters. The highest BCUT2D eigenvalue weighted by molar-refractivity contribution is 7.13. The predicted molar refractivity (Wildman–Crippen MR) is 110 cm³/mol. The Hall–Kier alpha value is -0.850. The molecule has 1 saturated heterocycles. The third-order valence-electron chi connectivity index (χ3n) is 4.78. The van der Waals surface area contributed by atoms with Crippen molar-refractivity contribution in [3.8, 4) is 5.19 Å². The molecule has 1 aliphatic heterocycles. The lowest BCUT2D eigenvalue weighted by Crippen LogP contribution is -2.42. The van der Waals surface area contributed by atoms with Crippen LogP contribution in [0.1, 0.15) is 30.2 Å². The van der Waals surface area contributed by atoms with E-state index < -0.39 is 0 Å². The maximum absolute atomic E-state index is 6.13. The first-order valence-corrected chi connectivity index (χ1v) is 10.6. The average molecular weight is 414 g/mol. The van der Waals surface area contributed by atoms with Gasteiger partial charge < -0.3 is 4.74 Å². The van der Waals surface area contributed by atoms with Gasteiger partial charge in [-0.25, -0.2) is 4.98 Å². The van der Waals surface area contributed by atoms with Crippen LogP contribution in [-0.2, 0) is 13.1 Å². The number of rotatable bonds is 7. The molecular formula is C19H25Cl2N3OS. The second-order valence-electron chi connectivity index (χ2n) is 6.70. The largest absolute Gasteiger partial charge is 0.470 e. The second-order valence-corrected chi connectivity index (χ2v) is 8.59. The number of likely N-dealkylation sites (tertiary alicyclic amines) is 1. The first kappa shape index (κ1) is 19.9. The summed E-state index contributed by atoms with van der Waals surface area (Å²) in [5.41, 5.74) is 1.21. The summed E-state index contributed by atoms with van der Waals surface area (Å²) in [5, 5.41) is 2.02. The molecule has 0 amide bonds. The molecule has 0 aliphatic carbocycles. The van der Waals surface area contributed by atoms with Crippen LogP contribution in [0.5, 0.6) is 5.19 Å². The van der Waals surface area contributed by atoms with Crippen molar-refractivity contribution < 1.29 is 4.74 Å². The fourth-order valence-electron chi connectivity index (χ4n) is 3.35. The number of aromatic nitrogens is 1. The van der Waals surface area contributed by atoms with E-state index in [2.05, 4.69) is 27.9 Å². The summed E-state index contributed by atoms with van der Waals surface area (Å²) in [5.74, 6) is 0. The molecule has 0 bridgehead atoms. The molecule has 142 valence electrons. The van der Waals surface area contributed by atoms with Gasteiger partial charge in [-0.3, -0.25) is 9.80 Å². The van der Waals surface area contributed by atoms with E-state index in [1.165, 1.54) is 23.3 Å². The Kier molecular flexibility index (Phi) is 7.18. The van der Waals surface area contributed by atoms with Crippen LogP contribution >= 0.6 is 34.5 Å². The molecule has 0 radical (unpaired) electrons. The average Bonchev–Trinajstić information content (AvgIpc) is 3.06. The van der Waals surface area contributed by atoms with E-state index in [9.17, 15) is 0 Å². The zero-order valence-electron chi connectivity index (χ0n) is 15.3. The molecule has 4 nitrogen and oxygen atoms in total.